The number of thiol groups is 1. The minimum Gasteiger partial charge on any atom is -0.338 e. The number of rotatable bonds is 5. The van der Waals surface area contributed by atoms with E-state index in [1.165, 1.54) is 38.5 Å². The van der Waals surface area contributed by atoms with E-state index in [0.717, 1.165) is 6.54 Å². The summed E-state index contributed by atoms with van der Waals surface area (Å²) in [7, 11) is 2.12. The maximum Gasteiger partial charge on any atom is 0.241 e. The maximum absolute atomic E-state index is 9.24. The predicted molar refractivity (Wildman–Crippen MR) is 75.6 cm³/mol. The van der Waals surface area contributed by atoms with Crippen molar-refractivity contribution >= 4 is 29.7 Å². The molecule has 1 saturated carbocycles. The van der Waals surface area contributed by atoms with Gasteiger partial charge < -0.3 is 14.3 Å². The lowest BCUT2D eigenvalue weighted by Gasteiger charge is -2.27. The van der Waals surface area contributed by atoms with Crippen LogP contribution in [0.2, 0.25) is 0 Å². The van der Waals surface area contributed by atoms with Crippen molar-refractivity contribution in [2.45, 2.75) is 44.6 Å². The Morgan fingerprint density at radius 2 is 1.94 bits per heavy atom. The molecule has 0 aromatic rings. The standard InChI is InChI=1S/C10H22NO2PS2/c1-11(8-9-13-14(12,15)16)10-6-4-2-3-5-7-10/h10H,2-9H2,1H3,(H2,12,15,16). The van der Waals surface area contributed by atoms with Crippen LogP contribution in [-0.4, -0.2) is 36.0 Å². The average molecular weight is 283 g/mol. The van der Waals surface area contributed by atoms with Gasteiger partial charge >= 0.3 is 0 Å². The molecule has 0 radical (unpaired) electrons. The largest absolute Gasteiger partial charge is 0.338 e. The fourth-order valence-electron chi connectivity index (χ4n) is 2.18. The molecule has 0 bridgehead atoms. The van der Waals surface area contributed by atoms with E-state index in [0.29, 0.717) is 12.6 Å². The lowest BCUT2D eigenvalue weighted by molar-refractivity contribution is 0.180. The van der Waals surface area contributed by atoms with Crippen molar-refractivity contribution in [1.82, 2.24) is 4.90 Å². The lowest BCUT2D eigenvalue weighted by atomic mass is 10.1. The Morgan fingerprint density at radius 3 is 2.44 bits per heavy atom. The molecule has 1 rings (SSSR count). The predicted octanol–water partition coefficient (Wildman–Crippen LogP) is 2.80. The van der Waals surface area contributed by atoms with Crippen LogP contribution >= 0.6 is 17.9 Å². The van der Waals surface area contributed by atoms with Crippen LogP contribution in [0.15, 0.2) is 0 Å². The highest BCUT2D eigenvalue weighted by Crippen LogP contribution is 2.46. The third kappa shape index (κ3) is 6.58. The molecule has 1 N–H and O–H groups in total. The highest BCUT2D eigenvalue weighted by atomic mass is 32.9. The van der Waals surface area contributed by atoms with Crippen molar-refractivity contribution in [3.8, 4) is 0 Å². The van der Waals surface area contributed by atoms with Gasteiger partial charge in [0.05, 0.1) is 6.61 Å². The summed E-state index contributed by atoms with van der Waals surface area (Å²) in [5.41, 5.74) is -2.77. The first-order valence-electron chi connectivity index (χ1n) is 5.89. The summed E-state index contributed by atoms with van der Waals surface area (Å²) >= 11 is 8.55. The van der Waals surface area contributed by atoms with Gasteiger partial charge in [-0.25, -0.2) is 0 Å². The minimum atomic E-state index is -2.77. The summed E-state index contributed by atoms with van der Waals surface area (Å²) in [6.07, 6.45) is 7.97. The summed E-state index contributed by atoms with van der Waals surface area (Å²) in [6, 6.07) is 0.669. The van der Waals surface area contributed by atoms with Gasteiger partial charge in [0.2, 0.25) is 5.69 Å². The van der Waals surface area contributed by atoms with Gasteiger partial charge in [-0.2, -0.15) is 0 Å². The van der Waals surface area contributed by atoms with Crippen molar-refractivity contribution in [2.75, 3.05) is 20.2 Å². The first-order valence-corrected chi connectivity index (χ1v) is 9.72. The quantitative estimate of drug-likeness (QED) is 0.462. The van der Waals surface area contributed by atoms with Crippen molar-refractivity contribution < 1.29 is 9.42 Å². The molecule has 0 heterocycles. The van der Waals surface area contributed by atoms with Crippen molar-refractivity contribution in [1.29, 1.82) is 0 Å². The molecular formula is C10H22NO2PS2. The average Bonchev–Trinajstić information content (AvgIpc) is 2.43. The first-order chi connectivity index (χ1) is 7.49. The molecule has 1 aliphatic rings. The van der Waals surface area contributed by atoms with Crippen LogP contribution in [0.5, 0.6) is 0 Å². The molecule has 0 saturated heterocycles. The Kier molecular flexibility index (Phi) is 6.86. The number of likely N-dealkylation sites (N-methyl/N-ethyl adjacent to an activating group) is 1. The van der Waals surface area contributed by atoms with E-state index in [-0.39, 0.29) is 0 Å². The van der Waals surface area contributed by atoms with Crippen molar-refractivity contribution in [3.63, 3.8) is 0 Å². The molecule has 0 aromatic heterocycles. The molecule has 1 aliphatic carbocycles. The smallest absolute Gasteiger partial charge is 0.241 e. The number of hydrogen-bond acceptors (Lipinski definition) is 3. The Labute approximate surface area is 109 Å². The lowest BCUT2D eigenvalue weighted by Crippen LogP contribution is -2.33. The molecule has 1 atom stereocenters. The summed E-state index contributed by atoms with van der Waals surface area (Å²) in [6.45, 7) is 1.30. The van der Waals surface area contributed by atoms with E-state index in [1.54, 1.807) is 0 Å². The Hall–Kier alpha value is 0.880. The molecule has 6 heteroatoms. The van der Waals surface area contributed by atoms with Crippen LogP contribution in [0.1, 0.15) is 38.5 Å². The minimum absolute atomic E-state index is 0.476. The zero-order valence-electron chi connectivity index (χ0n) is 9.84. The molecule has 16 heavy (non-hydrogen) atoms. The fourth-order valence-corrected chi connectivity index (χ4v) is 2.97. The van der Waals surface area contributed by atoms with Crippen LogP contribution in [0.25, 0.3) is 0 Å². The van der Waals surface area contributed by atoms with Crippen LogP contribution in [0.4, 0.5) is 0 Å². The topological polar surface area (TPSA) is 32.7 Å². The summed E-state index contributed by atoms with van der Waals surface area (Å²) < 4.78 is 5.13. The van der Waals surface area contributed by atoms with Crippen LogP contribution in [0.3, 0.4) is 0 Å². The maximum atomic E-state index is 9.24. The van der Waals surface area contributed by atoms with Gasteiger partial charge in [-0.3, -0.25) is 0 Å². The summed E-state index contributed by atoms with van der Waals surface area (Å²) in [4.78, 5) is 11.6. The third-order valence-corrected chi connectivity index (χ3v) is 4.33. The Bertz CT molecular complexity index is 239. The third-order valence-electron chi connectivity index (χ3n) is 3.15. The molecule has 1 unspecified atom stereocenters. The highest BCUT2D eigenvalue weighted by Gasteiger charge is 2.17. The SMILES string of the molecule is CN(CCOP(O)(=S)S)C1CCCCCC1. The van der Waals surface area contributed by atoms with Crippen molar-refractivity contribution in [2.24, 2.45) is 0 Å². The van der Waals surface area contributed by atoms with Crippen LogP contribution in [0, 0.1) is 0 Å². The van der Waals surface area contributed by atoms with E-state index in [2.05, 4.69) is 24.2 Å². The van der Waals surface area contributed by atoms with Gasteiger partial charge in [-0.15, -0.1) is 0 Å². The van der Waals surface area contributed by atoms with E-state index in [4.69, 9.17) is 16.3 Å². The molecule has 0 amide bonds. The van der Waals surface area contributed by atoms with Crippen molar-refractivity contribution in [3.05, 3.63) is 0 Å². The zero-order chi connectivity index (χ0) is 12.0. The van der Waals surface area contributed by atoms with Gasteiger partial charge in [-0.05, 0) is 31.7 Å². The van der Waals surface area contributed by atoms with Gasteiger partial charge in [0.15, 0.2) is 0 Å². The van der Waals surface area contributed by atoms with Gasteiger partial charge in [0, 0.05) is 12.6 Å². The molecule has 96 valence electrons. The van der Waals surface area contributed by atoms with E-state index in [9.17, 15) is 4.89 Å². The molecule has 0 aromatic carbocycles. The number of hydrogen-bond donors (Lipinski definition) is 2. The second kappa shape index (κ2) is 7.34. The molecular weight excluding hydrogens is 261 g/mol. The van der Waals surface area contributed by atoms with Gasteiger partial charge in [0.1, 0.15) is 0 Å². The second-order valence-electron chi connectivity index (χ2n) is 4.45. The second-order valence-corrected chi connectivity index (χ2v) is 9.61. The Morgan fingerprint density at radius 1 is 1.38 bits per heavy atom. The fraction of sp³-hybridized carbons (Fsp3) is 1.00. The summed E-state index contributed by atoms with van der Waals surface area (Å²) in [5, 5.41) is 0. The number of nitrogens with zero attached hydrogens (tertiary/aromatic N) is 1. The zero-order valence-corrected chi connectivity index (χ0v) is 12.4. The molecule has 1 fully saturated rings. The van der Waals surface area contributed by atoms with Gasteiger partial charge in [0.25, 0.3) is 0 Å². The molecule has 0 aliphatic heterocycles. The van der Waals surface area contributed by atoms with E-state index >= 15 is 0 Å². The van der Waals surface area contributed by atoms with Gasteiger partial charge in [-0.1, -0.05) is 37.9 Å². The monoisotopic (exact) mass is 283 g/mol. The molecule has 0 spiro atoms. The van der Waals surface area contributed by atoms with Crippen LogP contribution < -0.4 is 0 Å². The highest BCUT2D eigenvalue weighted by molar-refractivity contribution is 8.59. The van der Waals surface area contributed by atoms with Crippen LogP contribution in [-0.2, 0) is 16.3 Å². The first kappa shape index (κ1) is 14.9. The summed E-state index contributed by atoms with van der Waals surface area (Å²) in [5.74, 6) is 0. The van der Waals surface area contributed by atoms with E-state index < -0.39 is 5.69 Å². The normalized spacial score (nSPS) is 23.0. The Balaban J connectivity index is 2.22. The van der Waals surface area contributed by atoms with E-state index in [1.807, 2.05) is 0 Å². The molecule has 3 nitrogen and oxygen atoms in total.